The minimum atomic E-state index is -3.72. The summed E-state index contributed by atoms with van der Waals surface area (Å²) in [6, 6.07) is 9.74. The molecule has 0 saturated carbocycles. The van der Waals surface area contributed by atoms with E-state index in [1.807, 2.05) is 6.07 Å². The topological polar surface area (TPSA) is 130 Å². The first kappa shape index (κ1) is 20.5. The first-order chi connectivity index (χ1) is 12.8. The van der Waals surface area contributed by atoms with E-state index in [-0.39, 0.29) is 23.9 Å². The van der Waals surface area contributed by atoms with Crippen molar-refractivity contribution in [2.24, 2.45) is 10.1 Å². The average Bonchev–Trinajstić information content (AvgIpc) is 3.13. The zero-order chi connectivity index (χ0) is 19.9. The molecule has 1 heterocycles. The lowest BCUT2D eigenvalue weighted by Gasteiger charge is -2.14. The van der Waals surface area contributed by atoms with Crippen molar-refractivity contribution < 1.29 is 17.6 Å². The maximum atomic E-state index is 11.8. The summed E-state index contributed by atoms with van der Waals surface area (Å²) in [6.07, 6.45) is 1.57. The lowest BCUT2D eigenvalue weighted by atomic mass is 10.2. The number of nitrogens with two attached hydrogens (primary N) is 1. The third-order valence-corrected chi connectivity index (χ3v) is 4.52. The van der Waals surface area contributed by atoms with Crippen molar-refractivity contribution in [3.8, 4) is 0 Å². The van der Waals surface area contributed by atoms with E-state index in [4.69, 9.17) is 9.56 Å². The summed E-state index contributed by atoms with van der Waals surface area (Å²) < 4.78 is 27.9. The van der Waals surface area contributed by atoms with Crippen molar-refractivity contribution in [2.45, 2.75) is 18.0 Å². The molecule has 1 aromatic carbocycles. The Morgan fingerprint density at radius 2 is 1.89 bits per heavy atom. The van der Waals surface area contributed by atoms with Gasteiger partial charge in [0.15, 0.2) is 5.96 Å². The Labute approximate surface area is 158 Å². The number of amides is 1. The summed E-state index contributed by atoms with van der Waals surface area (Å²) in [5.74, 6) is 1.05. The number of nitrogens with one attached hydrogen (secondary N) is 2. The van der Waals surface area contributed by atoms with Gasteiger partial charge in [-0.1, -0.05) is 12.1 Å². The Balaban J connectivity index is 2.04. The van der Waals surface area contributed by atoms with Crippen LogP contribution in [0, 0.1) is 0 Å². The Hall–Kier alpha value is -2.85. The van der Waals surface area contributed by atoms with E-state index >= 15 is 0 Å². The molecule has 2 rings (SSSR count). The SMILES string of the molecule is CN(C)C(=O)CNC(=NCc1ccc(S(N)(=O)=O)cc1)NCc1ccco1. The van der Waals surface area contributed by atoms with Crippen molar-refractivity contribution in [2.75, 3.05) is 20.6 Å². The third-order valence-electron chi connectivity index (χ3n) is 3.59. The highest BCUT2D eigenvalue weighted by atomic mass is 32.2. The first-order valence-electron chi connectivity index (χ1n) is 8.12. The van der Waals surface area contributed by atoms with Crippen LogP contribution < -0.4 is 15.8 Å². The zero-order valence-corrected chi connectivity index (χ0v) is 16.0. The number of likely N-dealkylation sites (N-methyl/N-ethyl adjacent to an activating group) is 1. The molecule has 1 amide bonds. The van der Waals surface area contributed by atoms with E-state index in [0.29, 0.717) is 12.5 Å². The lowest BCUT2D eigenvalue weighted by molar-refractivity contribution is -0.127. The summed E-state index contributed by atoms with van der Waals surface area (Å²) in [7, 11) is -0.382. The van der Waals surface area contributed by atoms with Gasteiger partial charge in [-0.25, -0.2) is 18.5 Å². The van der Waals surface area contributed by atoms with Gasteiger partial charge in [0, 0.05) is 14.1 Å². The standard InChI is InChI=1S/C17H23N5O4S/c1-22(2)16(23)12-21-17(20-11-14-4-3-9-26-14)19-10-13-5-7-15(8-6-13)27(18,24)25/h3-9H,10-12H2,1-2H3,(H2,18,24,25)(H2,19,20,21). The van der Waals surface area contributed by atoms with Gasteiger partial charge in [-0.15, -0.1) is 0 Å². The van der Waals surface area contributed by atoms with E-state index in [2.05, 4.69) is 15.6 Å². The number of nitrogens with zero attached hydrogens (tertiary/aromatic N) is 2. The predicted molar refractivity (Wildman–Crippen MR) is 101 cm³/mol. The fourth-order valence-electron chi connectivity index (χ4n) is 2.03. The highest BCUT2D eigenvalue weighted by molar-refractivity contribution is 7.89. The van der Waals surface area contributed by atoms with Gasteiger partial charge in [-0.3, -0.25) is 4.79 Å². The molecule has 0 aliphatic rings. The number of hydrogen-bond acceptors (Lipinski definition) is 5. The van der Waals surface area contributed by atoms with Crippen LogP contribution in [0.15, 0.2) is 57.0 Å². The summed E-state index contributed by atoms with van der Waals surface area (Å²) in [4.78, 5) is 17.7. The second kappa shape index (κ2) is 9.19. The lowest BCUT2D eigenvalue weighted by Crippen LogP contribution is -2.42. The smallest absolute Gasteiger partial charge is 0.241 e. The molecule has 0 aliphatic carbocycles. The molecule has 0 atom stereocenters. The highest BCUT2D eigenvalue weighted by Crippen LogP contribution is 2.09. The minimum Gasteiger partial charge on any atom is -0.467 e. The fourth-order valence-corrected chi connectivity index (χ4v) is 2.55. The molecule has 0 bridgehead atoms. The monoisotopic (exact) mass is 393 g/mol. The van der Waals surface area contributed by atoms with Crippen molar-refractivity contribution in [3.05, 3.63) is 54.0 Å². The van der Waals surface area contributed by atoms with E-state index in [0.717, 1.165) is 11.3 Å². The van der Waals surface area contributed by atoms with Gasteiger partial charge in [0.2, 0.25) is 15.9 Å². The summed E-state index contributed by atoms with van der Waals surface area (Å²) in [5, 5.41) is 11.1. The molecule has 27 heavy (non-hydrogen) atoms. The van der Waals surface area contributed by atoms with Gasteiger partial charge in [0.1, 0.15) is 5.76 Å². The number of furan rings is 1. The Morgan fingerprint density at radius 3 is 2.44 bits per heavy atom. The van der Waals surface area contributed by atoms with Crippen LogP contribution >= 0.6 is 0 Å². The van der Waals surface area contributed by atoms with Crippen molar-refractivity contribution >= 4 is 21.9 Å². The van der Waals surface area contributed by atoms with E-state index in [1.54, 1.807) is 38.6 Å². The van der Waals surface area contributed by atoms with Crippen molar-refractivity contribution in [1.29, 1.82) is 0 Å². The van der Waals surface area contributed by atoms with Gasteiger partial charge in [-0.2, -0.15) is 0 Å². The van der Waals surface area contributed by atoms with Crippen LogP contribution in [0.1, 0.15) is 11.3 Å². The molecule has 146 valence electrons. The summed E-state index contributed by atoms with van der Waals surface area (Å²) in [6.45, 7) is 0.773. The fraction of sp³-hybridized carbons (Fsp3) is 0.294. The Kier molecular flexibility index (Phi) is 6.97. The number of carbonyl (C=O) groups excluding carboxylic acids is 1. The Bertz CT molecular complexity index is 875. The van der Waals surface area contributed by atoms with Crippen LogP contribution in [0.4, 0.5) is 0 Å². The molecule has 0 fully saturated rings. The molecule has 0 saturated heterocycles. The average molecular weight is 393 g/mol. The van der Waals surface area contributed by atoms with Crippen molar-refractivity contribution in [3.63, 3.8) is 0 Å². The van der Waals surface area contributed by atoms with Crippen LogP contribution in [-0.4, -0.2) is 45.8 Å². The van der Waals surface area contributed by atoms with E-state index < -0.39 is 10.0 Å². The van der Waals surface area contributed by atoms with Crippen molar-refractivity contribution in [1.82, 2.24) is 15.5 Å². The highest BCUT2D eigenvalue weighted by Gasteiger charge is 2.08. The number of benzene rings is 1. The molecular formula is C17H23N5O4S. The number of aliphatic imine (C=N–C) groups is 1. The second-order valence-corrected chi connectivity index (χ2v) is 7.49. The maximum absolute atomic E-state index is 11.8. The maximum Gasteiger partial charge on any atom is 0.241 e. The van der Waals surface area contributed by atoms with Gasteiger partial charge in [0.05, 0.1) is 30.8 Å². The van der Waals surface area contributed by atoms with Crippen LogP contribution in [0.2, 0.25) is 0 Å². The quantitative estimate of drug-likeness (QED) is 0.457. The van der Waals surface area contributed by atoms with Crippen LogP contribution in [0.3, 0.4) is 0 Å². The normalized spacial score (nSPS) is 11.9. The van der Waals surface area contributed by atoms with Crippen LogP contribution in [0.5, 0.6) is 0 Å². The Morgan fingerprint density at radius 1 is 1.19 bits per heavy atom. The van der Waals surface area contributed by atoms with Gasteiger partial charge >= 0.3 is 0 Å². The number of guanidine groups is 1. The minimum absolute atomic E-state index is 0.0427. The molecular weight excluding hydrogens is 370 g/mol. The summed E-state index contributed by atoms with van der Waals surface area (Å²) >= 11 is 0. The van der Waals surface area contributed by atoms with E-state index in [1.165, 1.54) is 17.0 Å². The molecule has 2 aromatic rings. The van der Waals surface area contributed by atoms with Crippen LogP contribution in [0.25, 0.3) is 0 Å². The number of hydrogen-bond donors (Lipinski definition) is 3. The zero-order valence-electron chi connectivity index (χ0n) is 15.2. The number of carbonyl (C=O) groups is 1. The van der Waals surface area contributed by atoms with Crippen LogP contribution in [-0.2, 0) is 27.9 Å². The molecule has 0 radical (unpaired) electrons. The molecule has 10 heteroatoms. The van der Waals surface area contributed by atoms with Gasteiger partial charge < -0.3 is 20.0 Å². The molecule has 4 N–H and O–H groups in total. The summed E-state index contributed by atoms with van der Waals surface area (Å²) in [5.41, 5.74) is 0.792. The predicted octanol–water partition coefficient (Wildman–Crippen LogP) is 0.251. The molecule has 9 nitrogen and oxygen atoms in total. The number of sulfonamides is 1. The number of rotatable bonds is 7. The number of primary sulfonamides is 1. The van der Waals surface area contributed by atoms with Gasteiger partial charge in [0.25, 0.3) is 0 Å². The molecule has 0 spiro atoms. The third kappa shape index (κ3) is 6.76. The molecule has 1 aromatic heterocycles. The van der Waals surface area contributed by atoms with E-state index in [9.17, 15) is 13.2 Å². The largest absolute Gasteiger partial charge is 0.467 e. The molecule has 0 unspecified atom stereocenters. The molecule has 0 aliphatic heterocycles. The first-order valence-corrected chi connectivity index (χ1v) is 9.67. The van der Waals surface area contributed by atoms with Gasteiger partial charge in [-0.05, 0) is 29.8 Å². The second-order valence-electron chi connectivity index (χ2n) is 5.93.